The zero-order valence-electron chi connectivity index (χ0n) is 22.9. The van der Waals surface area contributed by atoms with E-state index in [1.54, 1.807) is 13.0 Å². The first-order valence-corrected chi connectivity index (χ1v) is 14.5. The van der Waals surface area contributed by atoms with E-state index in [4.69, 9.17) is 37.4 Å². The Hall–Kier alpha value is -3.93. The molecule has 2 N–H and O–H groups in total. The molecule has 1 atom stereocenters. The van der Waals surface area contributed by atoms with Crippen LogP contribution in [0.5, 0.6) is 11.5 Å². The van der Waals surface area contributed by atoms with Gasteiger partial charge < -0.3 is 19.5 Å². The summed E-state index contributed by atoms with van der Waals surface area (Å²) in [6, 6.07) is 8.94. The Morgan fingerprint density at radius 3 is 2.55 bits per heavy atom. The highest BCUT2D eigenvalue weighted by molar-refractivity contribution is 7.17. The number of hydrogen-bond acceptors (Lipinski definition) is 9. The minimum atomic E-state index is -1.03. The highest BCUT2D eigenvalue weighted by Crippen LogP contribution is 2.40. The molecule has 2 amide bonds. The standard InChI is InChI=1S/C29H27Cl2N3O7S/c1-4-40-29(38)24-18-8-5-15(2)11-23(18)42-27(24)33-25(35)26(36)34-32-14-16-6-10-21(22(12-16)39-3)41-28(37)17-7-9-19(30)20(31)13-17/h6-7,9-10,12-15H,4-5,8,11H2,1-3H3,(H,33,35)(H,34,36). The Labute approximate surface area is 255 Å². The molecule has 42 heavy (non-hydrogen) atoms. The summed E-state index contributed by atoms with van der Waals surface area (Å²) in [5.74, 6) is -2.39. The van der Waals surface area contributed by atoms with Crippen LogP contribution in [0.4, 0.5) is 5.00 Å². The largest absolute Gasteiger partial charge is 0.493 e. The number of benzene rings is 2. The summed E-state index contributed by atoms with van der Waals surface area (Å²) in [6.07, 6.45) is 3.69. The van der Waals surface area contributed by atoms with Gasteiger partial charge in [-0.1, -0.05) is 30.1 Å². The smallest absolute Gasteiger partial charge is 0.343 e. The molecule has 0 saturated heterocycles. The number of hydrogen-bond donors (Lipinski definition) is 2. The third kappa shape index (κ3) is 7.28. The number of esters is 2. The number of fused-ring (bicyclic) bond motifs is 1. The van der Waals surface area contributed by atoms with E-state index in [1.807, 2.05) is 0 Å². The van der Waals surface area contributed by atoms with Crippen LogP contribution < -0.4 is 20.2 Å². The predicted molar refractivity (Wildman–Crippen MR) is 160 cm³/mol. The van der Waals surface area contributed by atoms with Gasteiger partial charge in [0, 0.05) is 4.88 Å². The van der Waals surface area contributed by atoms with Crippen LogP contribution in [0, 0.1) is 5.92 Å². The van der Waals surface area contributed by atoms with Crippen molar-refractivity contribution in [1.82, 2.24) is 5.43 Å². The molecular weight excluding hydrogens is 605 g/mol. The number of amides is 2. The second-order valence-corrected chi connectivity index (χ2v) is 11.3. The van der Waals surface area contributed by atoms with Gasteiger partial charge in [0.15, 0.2) is 11.5 Å². The zero-order chi connectivity index (χ0) is 30.4. The fraction of sp³-hybridized carbons (Fsp3) is 0.276. The molecule has 3 aromatic rings. The second kappa shape index (κ2) is 13.8. The molecule has 0 saturated carbocycles. The monoisotopic (exact) mass is 631 g/mol. The van der Waals surface area contributed by atoms with E-state index in [2.05, 4.69) is 22.8 Å². The van der Waals surface area contributed by atoms with E-state index in [0.717, 1.165) is 23.3 Å². The van der Waals surface area contributed by atoms with Crippen molar-refractivity contribution in [3.63, 3.8) is 0 Å². The van der Waals surface area contributed by atoms with Crippen molar-refractivity contribution in [3.8, 4) is 11.5 Å². The van der Waals surface area contributed by atoms with Crippen molar-refractivity contribution in [3.05, 3.63) is 73.6 Å². The molecule has 13 heteroatoms. The molecule has 0 aliphatic heterocycles. The van der Waals surface area contributed by atoms with Crippen molar-refractivity contribution in [2.45, 2.75) is 33.1 Å². The molecular formula is C29H27Cl2N3O7S. The minimum absolute atomic E-state index is 0.138. The summed E-state index contributed by atoms with van der Waals surface area (Å²) in [7, 11) is 1.40. The molecule has 0 radical (unpaired) electrons. The topological polar surface area (TPSA) is 132 Å². The Morgan fingerprint density at radius 2 is 1.83 bits per heavy atom. The van der Waals surface area contributed by atoms with E-state index >= 15 is 0 Å². The zero-order valence-corrected chi connectivity index (χ0v) is 25.2. The number of thiophene rings is 1. The first kappa shape index (κ1) is 31.0. The van der Waals surface area contributed by atoms with E-state index in [9.17, 15) is 19.2 Å². The highest BCUT2D eigenvalue weighted by Gasteiger charge is 2.30. The SMILES string of the molecule is CCOC(=O)c1c(NC(=O)C(=O)NN=Cc2ccc(OC(=O)c3ccc(Cl)c(Cl)c3)c(OC)c2)sc2c1CCC(C)C2. The average Bonchev–Trinajstić information content (AvgIpc) is 3.31. The third-order valence-corrected chi connectivity index (χ3v) is 8.26. The average molecular weight is 633 g/mol. The molecule has 1 aliphatic rings. The summed E-state index contributed by atoms with van der Waals surface area (Å²) in [6.45, 7) is 4.02. The summed E-state index contributed by atoms with van der Waals surface area (Å²) < 4.78 is 15.9. The molecule has 1 heterocycles. The molecule has 0 bridgehead atoms. The lowest BCUT2D eigenvalue weighted by molar-refractivity contribution is -0.136. The summed E-state index contributed by atoms with van der Waals surface area (Å²) in [4.78, 5) is 51.3. The van der Waals surface area contributed by atoms with Gasteiger partial charge in [-0.2, -0.15) is 5.10 Å². The number of hydrazone groups is 1. The van der Waals surface area contributed by atoms with Gasteiger partial charge in [-0.25, -0.2) is 15.0 Å². The normalized spacial score (nSPS) is 14.2. The van der Waals surface area contributed by atoms with Gasteiger partial charge in [-0.05, 0) is 79.6 Å². The van der Waals surface area contributed by atoms with Crippen LogP contribution in [-0.2, 0) is 27.2 Å². The van der Waals surface area contributed by atoms with Crippen LogP contribution >= 0.6 is 34.5 Å². The molecule has 1 aliphatic carbocycles. The first-order valence-electron chi connectivity index (χ1n) is 12.9. The van der Waals surface area contributed by atoms with Gasteiger partial charge in [0.1, 0.15) is 5.00 Å². The van der Waals surface area contributed by atoms with Crippen molar-refractivity contribution in [2.75, 3.05) is 19.0 Å². The number of carbonyl (C=O) groups excluding carboxylic acids is 4. The Kier molecular flexibility index (Phi) is 10.2. The van der Waals surface area contributed by atoms with Gasteiger partial charge in [-0.15, -0.1) is 11.3 Å². The number of nitrogens with zero attached hydrogens (tertiary/aromatic N) is 1. The number of nitrogens with one attached hydrogen (secondary N) is 2. The van der Waals surface area contributed by atoms with E-state index in [1.165, 1.54) is 55.0 Å². The first-order chi connectivity index (χ1) is 20.1. The van der Waals surface area contributed by atoms with Crippen LogP contribution in [-0.4, -0.2) is 43.7 Å². The molecule has 220 valence electrons. The molecule has 1 aromatic heterocycles. The molecule has 2 aromatic carbocycles. The fourth-order valence-corrected chi connectivity index (χ4v) is 5.96. The fourth-order valence-electron chi connectivity index (χ4n) is 4.26. The summed E-state index contributed by atoms with van der Waals surface area (Å²) in [5, 5.41) is 7.18. The second-order valence-electron chi connectivity index (χ2n) is 9.36. The van der Waals surface area contributed by atoms with Crippen molar-refractivity contribution in [1.29, 1.82) is 0 Å². The van der Waals surface area contributed by atoms with Gasteiger partial charge in [0.2, 0.25) is 0 Å². The van der Waals surface area contributed by atoms with E-state index in [0.29, 0.717) is 28.5 Å². The molecule has 4 rings (SSSR count). The number of carbonyl (C=O) groups is 4. The Morgan fingerprint density at radius 1 is 1.05 bits per heavy atom. The molecule has 0 fully saturated rings. The van der Waals surface area contributed by atoms with Crippen LogP contribution in [0.2, 0.25) is 10.0 Å². The molecule has 1 unspecified atom stereocenters. The minimum Gasteiger partial charge on any atom is -0.493 e. The maximum atomic E-state index is 12.7. The Bertz CT molecular complexity index is 1570. The van der Waals surface area contributed by atoms with E-state index < -0.39 is 23.8 Å². The number of halogens is 2. The molecule has 10 nitrogen and oxygen atoms in total. The number of ether oxygens (including phenoxy) is 3. The van der Waals surface area contributed by atoms with Crippen molar-refractivity contribution < 1.29 is 33.4 Å². The quantitative estimate of drug-likeness (QED) is 0.108. The van der Waals surface area contributed by atoms with Crippen LogP contribution in [0.25, 0.3) is 0 Å². The van der Waals surface area contributed by atoms with Crippen molar-refractivity contribution >= 4 is 69.5 Å². The van der Waals surface area contributed by atoms with E-state index in [-0.39, 0.29) is 33.7 Å². The lowest BCUT2D eigenvalue weighted by Gasteiger charge is -2.18. The lowest BCUT2D eigenvalue weighted by Crippen LogP contribution is -2.32. The van der Waals surface area contributed by atoms with Crippen LogP contribution in [0.1, 0.15) is 57.0 Å². The lowest BCUT2D eigenvalue weighted by atomic mass is 9.88. The van der Waals surface area contributed by atoms with Gasteiger partial charge in [-0.3, -0.25) is 9.59 Å². The van der Waals surface area contributed by atoms with Gasteiger partial charge in [0.25, 0.3) is 0 Å². The third-order valence-electron chi connectivity index (χ3n) is 6.35. The Balaban J connectivity index is 1.40. The molecule has 0 spiro atoms. The predicted octanol–water partition coefficient (Wildman–Crippen LogP) is 5.67. The van der Waals surface area contributed by atoms with Crippen LogP contribution in [0.3, 0.4) is 0 Å². The summed E-state index contributed by atoms with van der Waals surface area (Å²) >= 11 is 13.2. The maximum Gasteiger partial charge on any atom is 0.343 e. The van der Waals surface area contributed by atoms with Crippen LogP contribution in [0.15, 0.2) is 41.5 Å². The maximum absolute atomic E-state index is 12.7. The highest BCUT2D eigenvalue weighted by atomic mass is 35.5. The number of anilines is 1. The van der Waals surface area contributed by atoms with Crippen molar-refractivity contribution in [2.24, 2.45) is 11.0 Å². The number of rotatable bonds is 8. The van der Waals surface area contributed by atoms with Gasteiger partial charge in [0.05, 0.1) is 41.1 Å². The summed E-state index contributed by atoms with van der Waals surface area (Å²) in [5.41, 5.74) is 4.02. The van der Waals surface area contributed by atoms with Gasteiger partial charge >= 0.3 is 23.8 Å². The number of methoxy groups -OCH3 is 1.